The molecule has 1 N–H and O–H groups in total. The molecule has 0 fully saturated rings. The predicted molar refractivity (Wildman–Crippen MR) is 170 cm³/mol. The molecular weight excluding hydrogens is 537 g/mol. The zero-order valence-electron chi connectivity index (χ0n) is 26.1. The lowest BCUT2D eigenvalue weighted by Crippen LogP contribution is -2.30. The van der Waals surface area contributed by atoms with Gasteiger partial charge < -0.3 is 5.41 Å². The summed E-state index contributed by atoms with van der Waals surface area (Å²) in [5.41, 5.74) is 2.82. The normalized spacial score (nSPS) is 13.6. The van der Waals surface area contributed by atoms with Crippen LogP contribution in [0.5, 0.6) is 0 Å². The Morgan fingerprint density at radius 1 is 1.17 bits per heavy atom. The maximum atomic E-state index is 14.5. The number of hydrogen-bond donors (Lipinski definition) is 1. The second-order valence-corrected chi connectivity index (χ2v) is 10.5. The van der Waals surface area contributed by atoms with Gasteiger partial charge in [0.15, 0.2) is 11.3 Å². The molecule has 0 aliphatic carbocycles. The molecule has 0 bridgehead atoms. The molecule has 0 radical (unpaired) electrons. The van der Waals surface area contributed by atoms with E-state index in [-0.39, 0.29) is 23.9 Å². The van der Waals surface area contributed by atoms with Crippen molar-refractivity contribution in [3.05, 3.63) is 72.2 Å². The van der Waals surface area contributed by atoms with Crippen molar-refractivity contribution in [2.45, 2.75) is 86.4 Å². The number of alkyl halides is 3. The van der Waals surface area contributed by atoms with Crippen molar-refractivity contribution in [3.63, 3.8) is 0 Å². The lowest BCUT2D eigenvalue weighted by Gasteiger charge is -2.24. The minimum atomic E-state index is -4.63. The molecule has 1 unspecified atom stereocenters. The first-order chi connectivity index (χ1) is 20.0. The van der Waals surface area contributed by atoms with E-state index >= 15 is 0 Å². The molecule has 0 aliphatic heterocycles. The van der Waals surface area contributed by atoms with Crippen LogP contribution in [-0.4, -0.2) is 43.1 Å². The van der Waals surface area contributed by atoms with E-state index in [1.165, 1.54) is 6.21 Å². The summed E-state index contributed by atoms with van der Waals surface area (Å²) in [4.78, 5) is 10.9. The molecule has 3 aromatic heterocycles. The van der Waals surface area contributed by atoms with Gasteiger partial charge in [-0.3, -0.25) is 13.9 Å². The van der Waals surface area contributed by atoms with Crippen LogP contribution in [0.3, 0.4) is 0 Å². The number of imidazole rings is 2. The lowest BCUT2D eigenvalue weighted by molar-refractivity contribution is -0.141. The Bertz CT molecular complexity index is 1410. The van der Waals surface area contributed by atoms with Crippen molar-refractivity contribution < 1.29 is 13.2 Å². The molecular formula is C33H47F3N6. The van der Waals surface area contributed by atoms with E-state index in [0.717, 1.165) is 36.1 Å². The monoisotopic (exact) mass is 584 g/mol. The summed E-state index contributed by atoms with van der Waals surface area (Å²) in [6, 6.07) is 3.52. The fourth-order valence-electron chi connectivity index (χ4n) is 4.95. The van der Waals surface area contributed by atoms with E-state index < -0.39 is 11.9 Å². The Hall–Kier alpha value is -3.46. The van der Waals surface area contributed by atoms with Crippen LogP contribution in [-0.2, 0) is 12.7 Å². The van der Waals surface area contributed by atoms with Crippen LogP contribution in [0.15, 0.2) is 60.9 Å². The number of pyridine rings is 1. The van der Waals surface area contributed by atoms with Crippen LogP contribution in [0.1, 0.15) is 85.0 Å². The first kappa shape index (κ1) is 34.7. The molecule has 9 heteroatoms. The van der Waals surface area contributed by atoms with Crippen molar-refractivity contribution >= 4 is 28.9 Å². The van der Waals surface area contributed by atoms with Gasteiger partial charge in [-0.2, -0.15) is 13.2 Å². The first-order valence-corrected chi connectivity index (χ1v) is 14.8. The summed E-state index contributed by atoms with van der Waals surface area (Å²) in [6.45, 7) is 20.7. The average Bonchev–Trinajstić information content (AvgIpc) is 3.48. The quantitative estimate of drug-likeness (QED) is 0.152. The number of aromatic nitrogens is 4. The van der Waals surface area contributed by atoms with E-state index in [9.17, 15) is 13.2 Å². The van der Waals surface area contributed by atoms with E-state index in [1.54, 1.807) is 27.3 Å². The van der Waals surface area contributed by atoms with E-state index in [4.69, 9.17) is 5.41 Å². The largest absolute Gasteiger partial charge is 0.435 e. The highest BCUT2D eigenvalue weighted by molar-refractivity contribution is 5.90. The van der Waals surface area contributed by atoms with Gasteiger partial charge in [0.1, 0.15) is 0 Å². The first-order valence-electron chi connectivity index (χ1n) is 14.8. The fourth-order valence-corrected chi connectivity index (χ4v) is 4.95. The Morgan fingerprint density at radius 3 is 2.38 bits per heavy atom. The molecule has 3 rings (SSSR count). The van der Waals surface area contributed by atoms with Gasteiger partial charge in [-0.25, -0.2) is 9.97 Å². The Kier molecular flexibility index (Phi) is 13.4. The maximum absolute atomic E-state index is 14.5. The Labute approximate surface area is 248 Å². The highest BCUT2D eigenvalue weighted by atomic mass is 19.4. The molecule has 0 aliphatic rings. The van der Waals surface area contributed by atoms with Crippen LogP contribution in [0, 0.1) is 11.3 Å². The van der Waals surface area contributed by atoms with Crippen molar-refractivity contribution in [2.75, 3.05) is 13.1 Å². The average molecular weight is 585 g/mol. The minimum Gasteiger partial charge on any atom is -0.308 e. The Morgan fingerprint density at radius 2 is 1.86 bits per heavy atom. The van der Waals surface area contributed by atoms with Crippen molar-refractivity contribution in [1.82, 2.24) is 23.8 Å². The summed E-state index contributed by atoms with van der Waals surface area (Å²) in [5, 5.41) is 8.07. The van der Waals surface area contributed by atoms with E-state index in [2.05, 4.69) is 36.1 Å². The van der Waals surface area contributed by atoms with Crippen LogP contribution in [0.4, 0.5) is 13.2 Å². The zero-order chi connectivity index (χ0) is 31.4. The second kappa shape index (κ2) is 16.2. The minimum absolute atomic E-state index is 0.0923. The summed E-state index contributed by atoms with van der Waals surface area (Å²) >= 11 is 0. The molecule has 0 spiro atoms. The van der Waals surface area contributed by atoms with E-state index in [0.29, 0.717) is 37.1 Å². The number of nitrogens with zero attached hydrogens (tertiary/aromatic N) is 5. The van der Waals surface area contributed by atoms with Crippen LogP contribution >= 0.6 is 0 Å². The third kappa shape index (κ3) is 8.31. The molecule has 230 valence electrons. The van der Waals surface area contributed by atoms with Crippen LogP contribution in [0.25, 0.3) is 22.6 Å². The molecule has 6 nitrogen and oxygen atoms in total. The highest BCUT2D eigenvalue weighted by Crippen LogP contribution is 2.37. The van der Waals surface area contributed by atoms with Gasteiger partial charge in [-0.15, -0.1) is 13.2 Å². The van der Waals surface area contributed by atoms with Gasteiger partial charge in [-0.1, -0.05) is 58.4 Å². The number of fused-ring (bicyclic) bond motifs is 3. The summed E-state index contributed by atoms with van der Waals surface area (Å²) < 4.78 is 46.7. The zero-order valence-corrected chi connectivity index (χ0v) is 26.1. The van der Waals surface area contributed by atoms with E-state index in [1.807, 2.05) is 51.7 Å². The molecule has 1 atom stereocenters. The molecule has 0 aromatic carbocycles. The third-order valence-electron chi connectivity index (χ3n) is 6.99. The fraction of sp³-hybridized carbons (Fsp3) is 0.485. The number of hydrogen-bond acceptors (Lipinski definition) is 4. The number of halogens is 3. The molecule has 42 heavy (non-hydrogen) atoms. The van der Waals surface area contributed by atoms with Crippen LogP contribution < -0.4 is 0 Å². The summed E-state index contributed by atoms with van der Waals surface area (Å²) in [6.07, 6.45) is 7.86. The van der Waals surface area contributed by atoms with Crippen molar-refractivity contribution in [1.29, 1.82) is 5.41 Å². The molecule has 0 saturated carbocycles. The second-order valence-electron chi connectivity index (χ2n) is 10.5. The van der Waals surface area contributed by atoms with Gasteiger partial charge in [0.25, 0.3) is 0 Å². The van der Waals surface area contributed by atoms with Gasteiger partial charge >= 0.3 is 6.18 Å². The third-order valence-corrected chi connectivity index (χ3v) is 6.99. The number of allylic oxidation sites excluding steroid dienone is 5. The lowest BCUT2D eigenvalue weighted by atomic mass is 10.0. The summed E-state index contributed by atoms with van der Waals surface area (Å²) in [7, 11) is 0. The summed E-state index contributed by atoms with van der Waals surface area (Å²) in [5.74, 6) is 0.297. The van der Waals surface area contributed by atoms with Crippen molar-refractivity contribution in [3.8, 4) is 0 Å². The Balaban J connectivity index is 0.00000144. The SMILES string of the molecule is C=CC(C)CN(CCC)Cc1c(C(F)(F)F)nc2n(/C(C/C(C)=C\CC)=C(/C=N)CC)c3ncccc3n12.C=CCC. The maximum Gasteiger partial charge on any atom is 0.435 e. The molecule has 3 aromatic rings. The number of rotatable bonds is 14. The highest BCUT2D eigenvalue weighted by Gasteiger charge is 2.40. The number of nitrogens with one attached hydrogen (secondary N) is 1. The predicted octanol–water partition coefficient (Wildman–Crippen LogP) is 9.34. The standard InChI is InChI=1S/C29H39F3N6.C4H8/c1-7-12-21(6)16-24(22(10-4)17-33)38-27-23(13-11-14-34-27)37-25(26(29(30,31)32)35-28(37)38)19-36(15-8-2)18-20(5)9-3;1-3-4-2/h9,11-14,17,20,33H,3,7-8,10,15-16,18-19H2,1-2,4-6H3;3H,1,4H2,2H3/b21-12-,24-22+,33-17?;. The molecule has 0 amide bonds. The van der Waals surface area contributed by atoms with Gasteiger partial charge in [0, 0.05) is 37.6 Å². The van der Waals surface area contributed by atoms with Gasteiger partial charge in [-0.05, 0) is 62.8 Å². The van der Waals surface area contributed by atoms with Gasteiger partial charge in [0.05, 0.1) is 11.2 Å². The topological polar surface area (TPSA) is 62.2 Å². The van der Waals surface area contributed by atoms with Gasteiger partial charge in [0.2, 0.25) is 5.78 Å². The van der Waals surface area contributed by atoms with Crippen LogP contribution in [0.2, 0.25) is 0 Å². The smallest absolute Gasteiger partial charge is 0.308 e. The molecule has 0 saturated heterocycles. The van der Waals surface area contributed by atoms with Crippen molar-refractivity contribution in [2.24, 2.45) is 5.92 Å². The molecule has 3 heterocycles.